The van der Waals surface area contributed by atoms with E-state index in [1.165, 1.54) is 5.56 Å². The van der Waals surface area contributed by atoms with Crippen molar-refractivity contribution >= 4 is 17.7 Å². The number of rotatable bonds is 7. The maximum absolute atomic E-state index is 12.7. The minimum atomic E-state index is -0.160. The number of benzene rings is 2. The largest absolute Gasteiger partial charge is 0.353 e. The van der Waals surface area contributed by atoms with Crippen LogP contribution in [0.25, 0.3) is 0 Å². The van der Waals surface area contributed by atoms with E-state index in [0.29, 0.717) is 30.9 Å². The van der Waals surface area contributed by atoms with Gasteiger partial charge in [0.2, 0.25) is 5.91 Å². The van der Waals surface area contributed by atoms with Crippen molar-refractivity contribution in [3.05, 3.63) is 95.3 Å². The SMILES string of the molecule is O=C1CN(C(=O)c2ccc(CNC(=O)c3cccn3CCc3ccccc3)cc2)CCN1. The topological polar surface area (TPSA) is 83.4 Å². The molecule has 7 heteroatoms. The minimum absolute atomic E-state index is 0.0839. The van der Waals surface area contributed by atoms with Crippen LogP contribution < -0.4 is 10.6 Å². The van der Waals surface area contributed by atoms with Gasteiger partial charge < -0.3 is 20.1 Å². The second kappa shape index (κ2) is 9.96. The zero-order valence-corrected chi connectivity index (χ0v) is 17.8. The summed E-state index contributed by atoms with van der Waals surface area (Å²) in [6, 6.07) is 21.0. The standard InChI is InChI=1S/C25H26N4O3/c30-23-18-29(16-13-26-23)25(32)21-10-8-20(9-11-21)17-27-24(31)22-7-4-14-28(22)15-12-19-5-2-1-3-6-19/h1-11,14H,12-13,15-18H2,(H,26,30)(H,27,31). The lowest BCUT2D eigenvalue weighted by atomic mass is 10.1. The molecule has 32 heavy (non-hydrogen) atoms. The molecule has 1 saturated heterocycles. The van der Waals surface area contributed by atoms with Gasteiger partial charge in [-0.05, 0) is 41.8 Å². The molecule has 0 unspecified atom stereocenters. The molecule has 0 radical (unpaired) electrons. The lowest BCUT2D eigenvalue weighted by molar-refractivity contribution is -0.123. The number of carbonyl (C=O) groups excluding carboxylic acids is 3. The van der Waals surface area contributed by atoms with Gasteiger partial charge in [-0.1, -0.05) is 42.5 Å². The lowest BCUT2D eigenvalue weighted by Gasteiger charge is -2.26. The van der Waals surface area contributed by atoms with Crippen LogP contribution in [0.5, 0.6) is 0 Å². The molecule has 2 N–H and O–H groups in total. The van der Waals surface area contributed by atoms with Crippen molar-refractivity contribution in [2.75, 3.05) is 19.6 Å². The van der Waals surface area contributed by atoms with Crippen LogP contribution in [-0.4, -0.2) is 46.8 Å². The first-order valence-corrected chi connectivity index (χ1v) is 10.7. The van der Waals surface area contributed by atoms with E-state index < -0.39 is 0 Å². The van der Waals surface area contributed by atoms with Gasteiger partial charge in [-0.3, -0.25) is 14.4 Å². The van der Waals surface area contributed by atoms with Crippen molar-refractivity contribution in [3.8, 4) is 0 Å². The van der Waals surface area contributed by atoms with E-state index in [4.69, 9.17) is 0 Å². The summed E-state index contributed by atoms with van der Waals surface area (Å²) in [4.78, 5) is 38.3. The molecule has 4 rings (SSSR count). The zero-order valence-electron chi connectivity index (χ0n) is 17.8. The van der Waals surface area contributed by atoms with Crippen LogP contribution in [0.4, 0.5) is 0 Å². The minimum Gasteiger partial charge on any atom is -0.353 e. The Morgan fingerprint density at radius 3 is 2.47 bits per heavy atom. The second-order valence-corrected chi connectivity index (χ2v) is 7.78. The highest BCUT2D eigenvalue weighted by atomic mass is 16.2. The number of hydrogen-bond acceptors (Lipinski definition) is 3. The Hall–Kier alpha value is -3.87. The van der Waals surface area contributed by atoms with Crippen molar-refractivity contribution < 1.29 is 14.4 Å². The predicted octanol–water partition coefficient (Wildman–Crippen LogP) is 2.23. The van der Waals surface area contributed by atoms with Crippen LogP contribution in [0.3, 0.4) is 0 Å². The number of piperazine rings is 1. The first-order valence-electron chi connectivity index (χ1n) is 10.7. The van der Waals surface area contributed by atoms with E-state index in [-0.39, 0.29) is 24.3 Å². The van der Waals surface area contributed by atoms with Gasteiger partial charge in [0, 0.05) is 37.9 Å². The molecule has 2 aromatic carbocycles. The number of nitrogens with one attached hydrogen (secondary N) is 2. The van der Waals surface area contributed by atoms with Gasteiger partial charge in [-0.25, -0.2) is 0 Å². The quantitative estimate of drug-likeness (QED) is 0.603. The molecule has 1 aliphatic heterocycles. The maximum Gasteiger partial charge on any atom is 0.268 e. The Morgan fingerprint density at radius 1 is 0.938 bits per heavy atom. The monoisotopic (exact) mass is 430 g/mol. The fourth-order valence-electron chi connectivity index (χ4n) is 3.74. The van der Waals surface area contributed by atoms with Crippen molar-refractivity contribution in [2.45, 2.75) is 19.5 Å². The molecule has 0 spiro atoms. The molecule has 1 fully saturated rings. The molecular weight excluding hydrogens is 404 g/mol. The summed E-state index contributed by atoms with van der Waals surface area (Å²) < 4.78 is 1.96. The number of amides is 3. The average Bonchev–Trinajstić information content (AvgIpc) is 3.30. The van der Waals surface area contributed by atoms with E-state index in [1.807, 2.05) is 53.2 Å². The van der Waals surface area contributed by atoms with Gasteiger partial charge in [0.15, 0.2) is 0 Å². The molecular formula is C25H26N4O3. The molecule has 7 nitrogen and oxygen atoms in total. The third-order valence-electron chi connectivity index (χ3n) is 5.53. The Morgan fingerprint density at radius 2 is 1.72 bits per heavy atom. The summed E-state index contributed by atoms with van der Waals surface area (Å²) in [5, 5.41) is 5.66. The Bertz CT molecular complexity index is 1090. The highest BCUT2D eigenvalue weighted by Crippen LogP contribution is 2.10. The van der Waals surface area contributed by atoms with Crippen LogP contribution >= 0.6 is 0 Å². The summed E-state index contributed by atoms with van der Waals surface area (Å²) in [5.74, 6) is -0.438. The van der Waals surface area contributed by atoms with Crippen molar-refractivity contribution in [2.24, 2.45) is 0 Å². The summed E-state index contributed by atoms with van der Waals surface area (Å²) in [6.07, 6.45) is 2.77. The second-order valence-electron chi connectivity index (χ2n) is 7.78. The Labute approximate surface area is 187 Å². The van der Waals surface area contributed by atoms with Gasteiger partial charge in [-0.15, -0.1) is 0 Å². The number of hydrogen-bond donors (Lipinski definition) is 2. The highest BCUT2D eigenvalue weighted by molar-refractivity contribution is 5.97. The Balaban J connectivity index is 1.31. The summed E-state index contributed by atoms with van der Waals surface area (Å²) >= 11 is 0. The zero-order chi connectivity index (χ0) is 22.3. The van der Waals surface area contributed by atoms with Gasteiger partial charge in [0.25, 0.3) is 11.8 Å². The fraction of sp³-hybridized carbons (Fsp3) is 0.240. The normalized spacial score (nSPS) is 13.5. The third kappa shape index (κ3) is 5.24. The van der Waals surface area contributed by atoms with E-state index in [1.54, 1.807) is 17.0 Å². The first-order chi connectivity index (χ1) is 15.6. The maximum atomic E-state index is 12.7. The Kier molecular flexibility index (Phi) is 6.65. The highest BCUT2D eigenvalue weighted by Gasteiger charge is 2.22. The summed E-state index contributed by atoms with van der Waals surface area (Å²) in [6.45, 7) is 2.16. The van der Waals surface area contributed by atoms with E-state index >= 15 is 0 Å². The molecule has 0 atom stereocenters. The van der Waals surface area contributed by atoms with Crippen LogP contribution in [0.2, 0.25) is 0 Å². The summed E-state index contributed by atoms with van der Waals surface area (Å²) in [7, 11) is 0. The number of carbonyl (C=O) groups is 3. The van der Waals surface area contributed by atoms with Crippen LogP contribution in [0.15, 0.2) is 72.9 Å². The van der Waals surface area contributed by atoms with Crippen LogP contribution in [0.1, 0.15) is 32.0 Å². The molecule has 3 aromatic rings. The van der Waals surface area contributed by atoms with E-state index in [2.05, 4.69) is 22.8 Å². The van der Waals surface area contributed by atoms with Crippen LogP contribution in [-0.2, 0) is 24.3 Å². The van der Waals surface area contributed by atoms with Gasteiger partial charge in [-0.2, -0.15) is 0 Å². The lowest BCUT2D eigenvalue weighted by Crippen LogP contribution is -2.49. The average molecular weight is 431 g/mol. The molecule has 3 amide bonds. The first kappa shape index (κ1) is 21.4. The van der Waals surface area contributed by atoms with Crippen molar-refractivity contribution in [3.63, 3.8) is 0 Å². The predicted molar refractivity (Wildman–Crippen MR) is 121 cm³/mol. The molecule has 0 aliphatic carbocycles. The number of aromatic nitrogens is 1. The van der Waals surface area contributed by atoms with E-state index in [9.17, 15) is 14.4 Å². The van der Waals surface area contributed by atoms with Gasteiger partial charge >= 0.3 is 0 Å². The molecule has 164 valence electrons. The van der Waals surface area contributed by atoms with E-state index in [0.717, 1.165) is 18.5 Å². The van der Waals surface area contributed by atoms with Crippen molar-refractivity contribution in [1.29, 1.82) is 0 Å². The summed E-state index contributed by atoms with van der Waals surface area (Å²) in [5.41, 5.74) is 3.28. The van der Waals surface area contributed by atoms with Crippen molar-refractivity contribution in [1.82, 2.24) is 20.1 Å². The third-order valence-corrected chi connectivity index (χ3v) is 5.53. The van der Waals surface area contributed by atoms with Crippen LogP contribution in [0, 0.1) is 0 Å². The fourth-order valence-corrected chi connectivity index (χ4v) is 3.74. The smallest absolute Gasteiger partial charge is 0.268 e. The van der Waals surface area contributed by atoms with Gasteiger partial charge in [0.05, 0.1) is 6.54 Å². The molecule has 0 saturated carbocycles. The number of aryl methyl sites for hydroxylation is 2. The molecule has 0 bridgehead atoms. The number of nitrogens with zero attached hydrogens (tertiary/aromatic N) is 2. The molecule has 1 aliphatic rings. The molecule has 1 aromatic heterocycles. The molecule has 2 heterocycles. The van der Waals surface area contributed by atoms with Gasteiger partial charge in [0.1, 0.15) is 5.69 Å².